The number of nitrogens with zero attached hydrogens (tertiary/aromatic N) is 3. The number of aromatic nitrogens is 3. The summed E-state index contributed by atoms with van der Waals surface area (Å²) in [5.41, 5.74) is 0.274. The Balaban J connectivity index is 2.32. The molecule has 0 amide bonds. The number of aromatic amines is 1. The number of halogens is 1. The van der Waals surface area contributed by atoms with E-state index in [1.807, 2.05) is 13.0 Å². The van der Waals surface area contributed by atoms with Crippen LogP contribution in [-0.2, 0) is 6.54 Å². The standard InChI is InChI=1S/C12H11ClN4OS/c1-2-5-17-11(18)15-16-12(17)19-10-4-3-8(7-14)6-9(10)13/h3-4,6H,2,5H2,1H3,(H,15,18). The normalized spacial score (nSPS) is 10.4. The van der Waals surface area contributed by atoms with Crippen LogP contribution in [0.25, 0.3) is 0 Å². The van der Waals surface area contributed by atoms with Gasteiger partial charge in [0.1, 0.15) is 0 Å². The fourth-order valence-electron chi connectivity index (χ4n) is 1.55. The molecule has 2 aromatic rings. The maximum absolute atomic E-state index is 11.6. The van der Waals surface area contributed by atoms with Gasteiger partial charge in [-0.1, -0.05) is 18.5 Å². The molecule has 0 fully saturated rings. The third-order valence-electron chi connectivity index (χ3n) is 2.43. The van der Waals surface area contributed by atoms with Gasteiger partial charge < -0.3 is 0 Å². The summed E-state index contributed by atoms with van der Waals surface area (Å²) < 4.78 is 1.57. The second-order valence-corrected chi connectivity index (χ2v) is 5.24. The van der Waals surface area contributed by atoms with Crippen molar-refractivity contribution < 1.29 is 0 Å². The molecule has 1 aromatic carbocycles. The second kappa shape index (κ2) is 5.95. The number of hydrogen-bond acceptors (Lipinski definition) is 4. The quantitative estimate of drug-likeness (QED) is 0.940. The second-order valence-electron chi connectivity index (χ2n) is 3.82. The first-order chi connectivity index (χ1) is 9.15. The molecule has 0 radical (unpaired) electrons. The average Bonchev–Trinajstić information content (AvgIpc) is 2.74. The van der Waals surface area contributed by atoms with E-state index in [9.17, 15) is 4.79 Å². The first-order valence-corrected chi connectivity index (χ1v) is 6.88. The van der Waals surface area contributed by atoms with Gasteiger partial charge in [0.2, 0.25) is 0 Å². The summed E-state index contributed by atoms with van der Waals surface area (Å²) in [5.74, 6) is 0. The summed E-state index contributed by atoms with van der Waals surface area (Å²) in [6, 6.07) is 7.05. The summed E-state index contributed by atoms with van der Waals surface area (Å²) >= 11 is 7.40. The van der Waals surface area contributed by atoms with Gasteiger partial charge in [-0.05, 0) is 36.4 Å². The van der Waals surface area contributed by atoms with E-state index >= 15 is 0 Å². The number of benzene rings is 1. The number of nitrogens with one attached hydrogen (secondary N) is 1. The third kappa shape index (κ3) is 3.00. The molecule has 0 aliphatic carbocycles. The van der Waals surface area contributed by atoms with Crippen LogP contribution in [0.2, 0.25) is 5.02 Å². The van der Waals surface area contributed by atoms with Crippen LogP contribution >= 0.6 is 23.4 Å². The Bertz CT molecular complexity index is 686. The molecule has 0 unspecified atom stereocenters. The Hall–Kier alpha value is -1.71. The molecular weight excluding hydrogens is 284 g/mol. The molecule has 1 aromatic heterocycles. The molecule has 0 aliphatic heterocycles. The SMILES string of the molecule is CCCn1c(Sc2ccc(C#N)cc2Cl)n[nH]c1=O. The molecule has 19 heavy (non-hydrogen) atoms. The van der Waals surface area contributed by atoms with E-state index in [0.29, 0.717) is 22.3 Å². The van der Waals surface area contributed by atoms with Crippen LogP contribution in [-0.4, -0.2) is 14.8 Å². The molecular formula is C12H11ClN4OS. The van der Waals surface area contributed by atoms with Gasteiger partial charge in [0.25, 0.3) is 0 Å². The maximum Gasteiger partial charge on any atom is 0.343 e. The van der Waals surface area contributed by atoms with E-state index in [4.69, 9.17) is 16.9 Å². The van der Waals surface area contributed by atoms with E-state index in [2.05, 4.69) is 10.2 Å². The first kappa shape index (κ1) is 13.7. The van der Waals surface area contributed by atoms with Crippen LogP contribution in [0.4, 0.5) is 0 Å². The molecule has 0 atom stereocenters. The highest BCUT2D eigenvalue weighted by atomic mass is 35.5. The fraction of sp³-hybridized carbons (Fsp3) is 0.250. The van der Waals surface area contributed by atoms with Gasteiger partial charge in [-0.3, -0.25) is 4.57 Å². The Morgan fingerprint density at radius 3 is 3.00 bits per heavy atom. The highest BCUT2D eigenvalue weighted by molar-refractivity contribution is 7.99. The average molecular weight is 295 g/mol. The van der Waals surface area contributed by atoms with Gasteiger partial charge in [0.05, 0.1) is 16.7 Å². The van der Waals surface area contributed by atoms with Crippen LogP contribution in [0.3, 0.4) is 0 Å². The highest BCUT2D eigenvalue weighted by Crippen LogP contribution is 2.32. The molecule has 5 nitrogen and oxygen atoms in total. The van der Waals surface area contributed by atoms with Crippen molar-refractivity contribution in [2.75, 3.05) is 0 Å². The van der Waals surface area contributed by atoms with Gasteiger partial charge in [-0.15, -0.1) is 5.10 Å². The smallest absolute Gasteiger partial charge is 0.270 e. The van der Waals surface area contributed by atoms with Crippen molar-refractivity contribution in [1.82, 2.24) is 14.8 Å². The third-order valence-corrected chi connectivity index (χ3v) is 3.93. The number of hydrogen-bond donors (Lipinski definition) is 1. The summed E-state index contributed by atoms with van der Waals surface area (Å²) in [7, 11) is 0. The van der Waals surface area contributed by atoms with Crippen molar-refractivity contribution >= 4 is 23.4 Å². The lowest BCUT2D eigenvalue weighted by atomic mass is 10.2. The van der Waals surface area contributed by atoms with Crippen molar-refractivity contribution in [3.63, 3.8) is 0 Å². The lowest BCUT2D eigenvalue weighted by molar-refractivity contribution is 0.604. The Morgan fingerprint density at radius 1 is 1.58 bits per heavy atom. The monoisotopic (exact) mass is 294 g/mol. The van der Waals surface area contributed by atoms with Crippen molar-refractivity contribution in [2.24, 2.45) is 0 Å². The van der Waals surface area contributed by atoms with Crippen LogP contribution in [0.5, 0.6) is 0 Å². The summed E-state index contributed by atoms with van der Waals surface area (Å²) in [5, 5.41) is 16.2. The maximum atomic E-state index is 11.6. The molecule has 0 saturated carbocycles. The highest BCUT2D eigenvalue weighted by Gasteiger charge is 2.11. The minimum Gasteiger partial charge on any atom is -0.270 e. The molecule has 1 heterocycles. The van der Waals surface area contributed by atoms with Crippen molar-refractivity contribution in [2.45, 2.75) is 29.9 Å². The molecule has 2 rings (SSSR count). The van der Waals surface area contributed by atoms with Crippen LogP contribution in [0, 0.1) is 11.3 Å². The number of rotatable bonds is 4. The van der Waals surface area contributed by atoms with Crippen LogP contribution < -0.4 is 5.69 Å². The zero-order valence-corrected chi connectivity index (χ0v) is 11.8. The Labute approximate surface area is 119 Å². The van der Waals surface area contributed by atoms with Gasteiger partial charge >= 0.3 is 5.69 Å². The zero-order chi connectivity index (χ0) is 13.8. The summed E-state index contributed by atoms with van der Waals surface area (Å²) in [4.78, 5) is 12.3. The van der Waals surface area contributed by atoms with Crippen LogP contribution in [0.15, 0.2) is 33.0 Å². The van der Waals surface area contributed by atoms with Crippen molar-refractivity contribution in [3.8, 4) is 6.07 Å². The van der Waals surface area contributed by atoms with E-state index in [0.717, 1.165) is 11.3 Å². The lowest BCUT2D eigenvalue weighted by Gasteiger charge is -2.05. The molecule has 0 bridgehead atoms. The van der Waals surface area contributed by atoms with Crippen molar-refractivity contribution in [1.29, 1.82) is 5.26 Å². The molecule has 98 valence electrons. The van der Waals surface area contributed by atoms with Gasteiger partial charge in [-0.25, -0.2) is 9.89 Å². The number of nitriles is 1. The summed E-state index contributed by atoms with van der Waals surface area (Å²) in [6.45, 7) is 2.59. The minimum atomic E-state index is -0.228. The lowest BCUT2D eigenvalue weighted by Crippen LogP contribution is -2.17. The zero-order valence-electron chi connectivity index (χ0n) is 10.2. The Kier molecular flexibility index (Phi) is 4.30. The summed E-state index contributed by atoms with van der Waals surface area (Å²) in [6.07, 6.45) is 0.841. The van der Waals surface area contributed by atoms with Gasteiger partial charge in [-0.2, -0.15) is 5.26 Å². The van der Waals surface area contributed by atoms with E-state index in [-0.39, 0.29) is 5.69 Å². The Morgan fingerprint density at radius 2 is 2.37 bits per heavy atom. The minimum absolute atomic E-state index is 0.228. The van der Waals surface area contributed by atoms with Crippen LogP contribution in [0.1, 0.15) is 18.9 Å². The molecule has 1 N–H and O–H groups in total. The molecule has 7 heteroatoms. The predicted molar refractivity (Wildman–Crippen MR) is 73.4 cm³/mol. The van der Waals surface area contributed by atoms with E-state index in [1.54, 1.807) is 22.8 Å². The molecule has 0 aliphatic rings. The first-order valence-electron chi connectivity index (χ1n) is 5.68. The van der Waals surface area contributed by atoms with Crippen molar-refractivity contribution in [3.05, 3.63) is 39.3 Å². The predicted octanol–water partition coefficient (Wildman–Crippen LogP) is 2.66. The van der Waals surface area contributed by atoms with Gasteiger partial charge in [0.15, 0.2) is 5.16 Å². The van der Waals surface area contributed by atoms with E-state index in [1.165, 1.54) is 11.8 Å². The molecule has 0 saturated heterocycles. The molecule has 0 spiro atoms. The fourth-order valence-corrected chi connectivity index (χ4v) is 2.71. The topological polar surface area (TPSA) is 74.5 Å². The van der Waals surface area contributed by atoms with Gasteiger partial charge in [0, 0.05) is 11.4 Å². The van der Waals surface area contributed by atoms with E-state index < -0.39 is 0 Å². The number of H-pyrrole nitrogens is 1. The largest absolute Gasteiger partial charge is 0.343 e.